The molecule has 4 rings (SSSR count). The summed E-state index contributed by atoms with van der Waals surface area (Å²) in [5, 5.41) is 8.03. The number of hydrogen-bond donors (Lipinski definition) is 2. The highest BCUT2D eigenvalue weighted by Crippen LogP contribution is 2.36. The number of hydrogen-bond acceptors (Lipinski definition) is 4. The minimum absolute atomic E-state index is 0.190. The standard InChI is InChI=1S/C22H21N3O2/c1-2-22(13-11-19(26)25-21(22)27)16-7-9-17(10-8-16)24-20-18-6-4-3-5-15(18)12-14-23-20/h3-10,12,14H,2,11,13H2,1H3,(H,23,24)(H,25,26,27). The van der Waals surface area contributed by atoms with E-state index in [1.807, 2.05) is 55.5 Å². The van der Waals surface area contributed by atoms with Crippen molar-refractivity contribution in [3.05, 3.63) is 66.4 Å². The summed E-state index contributed by atoms with van der Waals surface area (Å²) in [6.45, 7) is 1.99. The topological polar surface area (TPSA) is 71.1 Å². The van der Waals surface area contributed by atoms with Crippen LogP contribution in [0.2, 0.25) is 0 Å². The number of aromatic nitrogens is 1. The molecule has 136 valence electrons. The molecule has 1 fully saturated rings. The van der Waals surface area contributed by atoms with E-state index in [2.05, 4.69) is 21.7 Å². The zero-order chi connectivity index (χ0) is 18.9. The molecule has 27 heavy (non-hydrogen) atoms. The summed E-state index contributed by atoms with van der Waals surface area (Å²) in [5.74, 6) is 0.411. The first-order chi connectivity index (χ1) is 13.1. The molecular weight excluding hydrogens is 338 g/mol. The molecule has 5 heteroatoms. The number of piperidine rings is 1. The molecule has 0 saturated carbocycles. The SMILES string of the molecule is CCC1(c2ccc(Nc3nccc4ccccc34)cc2)CCC(=O)NC1=O. The molecule has 1 aliphatic heterocycles. The zero-order valence-electron chi connectivity index (χ0n) is 15.2. The van der Waals surface area contributed by atoms with E-state index in [0.717, 1.165) is 27.8 Å². The summed E-state index contributed by atoms with van der Waals surface area (Å²) < 4.78 is 0. The normalized spacial score (nSPS) is 19.7. The number of rotatable bonds is 4. The average molecular weight is 359 g/mol. The average Bonchev–Trinajstić information content (AvgIpc) is 2.70. The molecule has 0 bridgehead atoms. The van der Waals surface area contributed by atoms with Crippen LogP contribution in [-0.4, -0.2) is 16.8 Å². The molecule has 0 spiro atoms. The van der Waals surface area contributed by atoms with Gasteiger partial charge in [-0.2, -0.15) is 0 Å². The molecule has 1 unspecified atom stereocenters. The minimum Gasteiger partial charge on any atom is -0.340 e. The Kier molecular flexibility index (Phi) is 4.36. The molecule has 1 saturated heterocycles. The van der Waals surface area contributed by atoms with Gasteiger partial charge in [0.25, 0.3) is 0 Å². The van der Waals surface area contributed by atoms with Crippen molar-refractivity contribution in [2.75, 3.05) is 5.32 Å². The van der Waals surface area contributed by atoms with Gasteiger partial charge in [0.15, 0.2) is 0 Å². The number of carbonyl (C=O) groups excluding carboxylic acids is 2. The molecule has 5 nitrogen and oxygen atoms in total. The number of carbonyl (C=O) groups is 2. The first-order valence-corrected chi connectivity index (χ1v) is 9.18. The number of nitrogens with zero attached hydrogens (tertiary/aromatic N) is 1. The highest BCUT2D eigenvalue weighted by Gasteiger charge is 2.42. The van der Waals surface area contributed by atoms with Gasteiger partial charge in [-0.05, 0) is 42.0 Å². The second-order valence-corrected chi connectivity index (χ2v) is 6.90. The first kappa shape index (κ1) is 17.2. The number of imide groups is 1. The lowest BCUT2D eigenvalue weighted by Gasteiger charge is -2.35. The fraction of sp³-hybridized carbons (Fsp3) is 0.227. The van der Waals surface area contributed by atoms with Crippen LogP contribution in [-0.2, 0) is 15.0 Å². The largest absolute Gasteiger partial charge is 0.340 e. The Bertz CT molecular complexity index is 1010. The molecule has 0 aliphatic carbocycles. The molecule has 0 radical (unpaired) electrons. The molecule has 2 amide bonds. The van der Waals surface area contributed by atoms with Crippen LogP contribution in [0.1, 0.15) is 31.7 Å². The molecule has 1 atom stereocenters. The highest BCUT2D eigenvalue weighted by molar-refractivity contribution is 6.03. The molecule has 2 N–H and O–H groups in total. The second kappa shape index (κ2) is 6.83. The van der Waals surface area contributed by atoms with Crippen LogP contribution in [0.3, 0.4) is 0 Å². The van der Waals surface area contributed by atoms with Crippen molar-refractivity contribution in [1.29, 1.82) is 0 Å². The van der Waals surface area contributed by atoms with Crippen LogP contribution >= 0.6 is 0 Å². The lowest BCUT2D eigenvalue weighted by molar-refractivity contribution is -0.138. The van der Waals surface area contributed by atoms with E-state index >= 15 is 0 Å². The summed E-state index contributed by atoms with van der Waals surface area (Å²) in [6.07, 6.45) is 3.36. The van der Waals surface area contributed by atoms with Crippen molar-refractivity contribution in [2.45, 2.75) is 31.6 Å². The van der Waals surface area contributed by atoms with Crippen molar-refractivity contribution < 1.29 is 9.59 Å². The van der Waals surface area contributed by atoms with E-state index in [1.165, 1.54) is 0 Å². The molecule has 2 aromatic carbocycles. The molecule has 1 aromatic heterocycles. The molecule has 3 aromatic rings. The van der Waals surface area contributed by atoms with Gasteiger partial charge < -0.3 is 5.32 Å². The van der Waals surface area contributed by atoms with E-state index in [9.17, 15) is 9.59 Å². The Balaban J connectivity index is 1.62. The zero-order valence-corrected chi connectivity index (χ0v) is 15.2. The number of nitrogens with one attached hydrogen (secondary N) is 2. The van der Waals surface area contributed by atoms with E-state index in [4.69, 9.17) is 0 Å². The van der Waals surface area contributed by atoms with Gasteiger partial charge >= 0.3 is 0 Å². The number of benzene rings is 2. The Morgan fingerprint density at radius 2 is 1.85 bits per heavy atom. The van der Waals surface area contributed by atoms with Crippen molar-refractivity contribution in [2.24, 2.45) is 0 Å². The van der Waals surface area contributed by atoms with Gasteiger partial charge in [-0.3, -0.25) is 14.9 Å². The van der Waals surface area contributed by atoms with E-state index in [1.54, 1.807) is 6.20 Å². The maximum absolute atomic E-state index is 12.5. The summed E-state index contributed by atoms with van der Waals surface area (Å²) in [7, 11) is 0. The third kappa shape index (κ3) is 3.05. The third-order valence-corrected chi connectivity index (χ3v) is 5.44. The maximum Gasteiger partial charge on any atom is 0.237 e. The quantitative estimate of drug-likeness (QED) is 0.689. The molecule has 1 aliphatic rings. The van der Waals surface area contributed by atoms with Crippen molar-refractivity contribution in [1.82, 2.24) is 10.3 Å². The minimum atomic E-state index is -0.635. The Morgan fingerprint density at radius 3 is 2.59 bits per heavy atom. The number of amides is 2. The smallest absolute Gasteiger partial charge is 0.237 e. The first-order valence-electron chi connectivity index (χ1n) is 9.18. The molecular formula is C22H21N3O2. The van der Waals surface area contributed by atoms with Crippen LogP contribution < -0.4 is 10.6 Å². The van der Waals surface area contributed by atoms with Gasteiger partial charge in [-0.25, -0.2) is 4.98 Å². The van der Waals surface area contributed by atoms with Gasteiger partial charge in [-0.1, -0.05) is 43.3 Å². The third-order valence-electron chi connectivity index (χ3n) is 5.44. The number of pyridine rings is 1. The van der Waals surface area contributed by atoms with Gasteiger partial charge in [0.1, 0.15) is 5.82 Å². The van der Waals surface area contributed by atoms with Crippen LogP contribution in [0.4, 0.5) is 11.5 Å². The van der Waals surface area contributed by atoms with Gasteiger partial charge in [0, 0.05) is 23.7 Å². The van der Waals surface area contributed by atoms with Crippen LogP contribution in [0.15, 0.2) is 60.8 Å². The Morgan fingerprint density at radius 1 is 1.07 bits per heavy atom. The van der Waals surface area contributed by atoms with Crippen molar-refractivity contribution >= 4 is 34.1 Å². The maximum atomic E-state index is 12.5. The van der Waals surface area contributed by atoms with Gasteiger partial charge in [-0.15, -0.1) is 0 Å². The second-order valence-electron chi connectivity index (χ2n) is 6.90. The summed E-state index contributed by atoms with van der Waals surface area (Å²) in [4.78, 5) is 28.5. The fourth-order valence-corrected chi connectivity index (χ4v) is 3.79. The van der Waals surface area contributed by atoms with Crippen LogP contribution in [0.5, 0.6) is 0 Å². The Labute approximate surface area is 157 Å². The summed E-state index contributed by atoms with van der Waals surface area (Å²) in [6, 6.07) is 17.9. The Hall–Kier alpha value is -3.21. The van der Waals surface area contributed by atoms with E-state index in [-0.39, 0.29) is 11.8 Å². The predicted molar refractivity (Wildman–Crippen MR) is 106 cm³/mol. The highest BCUT2D eigenvalue weighted by atomic mass is 16.2. The summed E-state index contributed by atoms with van der Waals surface area (Å²) in [5.41, 5.74) is 1.21. The van der Waals surface area contributed by atoms with Crippen molar-refractivity contribution in [3.8, 4) is 0 Å². The monoisotopic (exact) mass is 359 g/mol. The lowest BCUT2D eigenvalue weighted by Crippen LogP contribution is -2.51. The van der Waals surface area contributed by atoms with Gasteiger partial charge in [0.05, 0.1) is 5.41 Å². The lowest BCUT2D eigenvalue weighted by atomic mass is 9.72. The van der Waals surface area contributed by atoms with Gasteiger partial charge in [0.2, 0.25) is 11.8 Å². The van der Waals surface area contributed by atoms with E-state index < -0.39 is 5.41 Å². The van der Waals surface area contributed by atoms with E-state index in [0.29, 0.717) is 19.3 Å². The van der Waals surface area contributed by atoms with Crippen molar-refractivity contribution in [3.63, 3.8) is 0 Å². The van der Waals surface area contributed by atoms with Crippen LogP contribution in [0.25, 0.3) is 10.8 Å². The number of fused-ring (bicyclic) bond motifs is 1. The van der Waals surface area contributed by atoms with Crippen LogP contribution in [0, 0.1) is 0 Å². The number of anilines is 2. The predicted octanol–water partition coefficient (Wildman–Crippen LogP) is 4.06. The molecule has 2 heterocycles. The fourth-order valence-electron chi connectivity index (χ4n) is 3.79. The summed E-state index contributed by atoms with van der Waals surface area (Å²) >= 11 is 0.